The summed E-state index contributed by atoms with van der Waals surface area (Å²) >= 11 is 0. The Bertz CT molecular complexity index is 262. The lowest BCUT2D eigenvalue weighted by molar-refractivity contribution is 0.302. The van der Waals surface area contributed by atoms with E-state index in [2.05, 4.69) is 38.0 Å². The first-order valence-electron chi connectivity index (χ1n) is 5.42. The minimum atomic E-state index is 0.205. The standard InChI is InChI=1S/C12H22N2O/c1-12(2,3)13-6-7-14(4)9-11-5-8-15-10-11/h5,8,10,13H,6-7,9H2,1-4H3. The highest BCUT2D eigenvalue weighted by molar-refractivity contribution is 5.04. The molecule has 0 saturated heterocycles. The zero-order chi connectivity index (χ0) is 11.3. The molecule has 0 amide bonds. The van der Waals surface area contributed by atoms with Crippen molar-refractivity contribution >= 4 is 0 Å². The average molecular weight is 210 g/mol. The van der Waals surface area contributed by atoms with Crippen molar-refractivity contribution in [1.82, 2.24) is 10.2 Å². The Morgan fingerprint density at radius 2 is 2.13 bits per heavy atom. The van der Waals surface area contributed by atoms with Gasteiger partial charge in [-0.15, -0.1) is 0 Å². The zero-order valence-corrected chi connectivity index (χ0v) is 10.2. The minimum Gasteiger partial charge on any atom is -0.472 e. The molecule has 0 bridgehead atoms. The molecule has 0 aliphatic heterocycles. The first-order chi connectivity index (χ1) is 6.97. The van der Waals surface area contributed by atoms with Crippen LogP contribution in [-0.2, 0) is 6.54 Å². The summed E-state index contributed by atoms with van der Waals surface area (Å²) < 4.78 is 5.03. The van der Waals surface area contributed by atoms with Crippen LogP contribution in [0.15, 0.2) is 23.0 Å². The number of furan rings is 1. The third-order valence-corrected chi connectivity index (χ3v) is 2.18. The Balaban J connectivity index is 2.17. The number of hydrogen-bond donors (Lipinski definition) is 1. The maximum absolute atomic E-state index is 5.03. The fraction of sp³-hybridized carbons (Fsp3) is 0.667. The van der Waals surface area contributed by atoms with Gasteiger partial charge in [-0.2, -0.15) is 0 Å². The van der Waals surface area contributed by atoms with Gasteiger partial charge in [-0.3, -0.25) is 0 Å². The third kappa shape index (κ3) is 5.60. The van der Waals surface area contributed by atoms with Gasteiger partial charge in [0.05, 0.1) is 12.5 Å². The molecular weight excluding hydrogens is 188 g/mol. The lowest BCUT2D eigenvalue weighted by Gasteiger charge is -2.23. The van der Waals surface area contributed by atoms with Crippen LogP contribution in [0.4, 0.5) is 0 Å². The van der Waals surface area contributed by atoms with E-state index < -0.39 is 0 Å². The second-order valence-electron chi connectivity index (χ2n) is 5.05. The predicted molar refractivity (Wildman–Crippen MR) is 62.8 cm³/mol. The summed E-state index contributed by atoms with van der Waals surface area (Å²) in [6.45, 7) is 9.55. The van der Waals surface area contributed by atoms with E-state index in [1.807, 2.05) is 6.07 Å². The van der Waals surface area contributed by atoms with Gasteiger partial charge in [0.15, 0.2) is 0 Å². The molecule has 1 aromatic heterocycles. The summed E-state index contributed by atoms with van der Waals surface area (Å²) in [5, 5.41) is 3.47. The van der Waals surface area contributed by atoms with Crippen molar-refractivity contribution in [2.24, 2.45) is 0 Å². The molecule has 0 fully saturated rings. The minimum absolute atomic E-state index is 0.205. The molecule has 1 N–H and O–H groups in total. The van der Waals surface area contributed by atoms with Gasteiger partial charge >= 0.3 is 0 Å². The van der Waals surface area contributed by atoms with E-state index in [0.717, 1.165) is 19.6 Å². The molecule has 1 heterocycles. The van der Waals surface area contributed by atoms with Crippen molar-refractivity contribution in [1.29, 1.82) is 0 Å². The van der Waals surface area contributed by atoms with Gasteiger partial charge in [0.1, 0.15) is 0 Å². The van der Waals surface area contributed by atoms with Crippen LogP contribution in [0.3, 0.4) is 0 Å². The molecular formula is C12H22N2O. The summed E-state index contributed by atoms with van der Waals surface area (Å²) in [5.41, 5.74) is 1.43. The fourth-order valence-corrected chi connectivity index (χ4v) is 1.40. The molecule has 86 valence electrons. The Hall–Kier alpha value is -0.800. The van der Waals surface area contributed by atoms with E-state index in [1.54, 1.807) is 12.5 Å². The molecule has 0 unspecified atom stereocenters. The zero-order valence-electron chi connectivity index (χ0n) is 10.2. The predicted octanol–water partition coefficient (Wildman–Crippen LogP) is 2.10. The van der Waals surface area contributed by atoms with E-state index in [9.17, 15) is 0 Å². The fourth-order valence-electron chi connectivity index (χ4n) is 1.40. The molecule has 0 aliphatic carbocycles. The molecule has 0 saturated carbocycles. The van der Waals surface area contributed by atoms with Crippen molar-refractivity contribution in [3.63, 3.8) is 0 Å². The number of rotatable bonds is 5. The van der Waals surface area contributed by atoms with Gasteiger partial charge in [0, 0.05) is 30.7 Å². The van der Waals surface area contributed by atoms with E-state index in [-0.39, 0.29) is 5.54 Å². The van der Waals surface area contributed by atoms with Crippen LogP contribution >= 0.6 is 0 Å². The molecule has 0 aromatic carbocycles. The molecule has 1 rings (SSSR count). The Kier molecular flexibility index (Phi) is 4.36. The van der Waals surface area contributed by atoms with Gasteiger partial charge in [-0.25, -0.2) is 0 Å². The summed E-state index contributed by atoms with van der Waals surface area (Å²) in [5.74, 6) is 0. The van der Waals surface area contributed by atoms with Crippen molar-refractivity contribution in [2.75, 3.05) is 20.1 Å². The number of likely N-dealkylation sites (N-methyl/N-ethyl adjacent to an activating group) is 1. The summed E-state index contributed by atoms with van der Waals surface area (Å²) in [6, 6.07) is 2.01. The highest BCUT2D eigenvalue weighted by atomic mass is 16.3. The maximum Gasteiger partial charge on any atom is 0.0947 e. The van der Waals surface area contributed by atoms with Gasteiger partial charge in [0.25, 0.3) is 0 Å². The topological polar surface area (TPSA) is 28.4 Å². The second-order valence-corrected chi connectivity index (χ2v) is 5.05. The highest BCUT2D eigenvalue weighted by Gasteiger charge is 2.08. The quantitative estimate of drug-likeness (QED) is 0.806. The Labute approximate surface area is 92.5 Å². The van der Waals surface area contributed by atoms with Crippen LogP contribution in [0.25, 0.3) is 0 Å². The lowest BCUT2D eigenvalue weighted by Crippen LogP contribution is -2.40. The third-order valence-electron chi connectivity index (χ3n) is 2.18. The van der Waals surface area contributed by atoms with Crippen molar-refractivity contribution < 1.29 is 4.42 Å². The van der Waals surface area contributed by atoms with Crippen LogP contribution < -0.4 is 5.32 Å². The summed E-state index contributed by atoms with van der Waals surface area (Å²) in [6.07, 6.45) is 3.52. The van der Waals surface area contributed by atoms with Crippen LogP contribution in [0.2, 0.25) is 0 Å². The van der Waals surface area contributed by atoms with Gasteiger partial charge in [-0.05, 0) is 33.9 Å². The molecule has 0 atom stereocenters. The molecule has 0 radical (unpaired) electrons. The Morgan fingerprint density at radius 1 is 1.40 bits per heavy atom. The molecule has 0 spiro atoms. The SMILES string of the molecule is CN(CCNC(C)(C)C)Cc1ccoc1. The molecule has 0 aliphatic rings. The molecule has 3 nitrogen and oxygen atoms in total. The first-order valence-corrected chi connectivity index (χ1v) is 5.42. The smallest absolute Gasteiger partial charge is 0.0947 e. The van der Waals surface area contributed by atoms with Gasteiger partial charge in [0.2, 0.25) is 0 Å². The average Bonchev–Trinajstić information content (AvgIpc) is 2.54. The summed E-state index contributed by atoms with van der Waals surface area (Å²) in [4.78, 5) is 2.28. The van der Waals surface area contributed by atoms with E-state index in [0.29, 0.717) is 0 Å². The normalized spacial score (nSPS) is 12.3. The Morgan fingerprint density at radius 3 is 2.67 bits per heavy atom. The van der Waals surface area contributed by atoms with Crippen LogP contribution in [0.5, 0.6) is 0 Å². The number of nitrogens with zero attached hydrogens (tertiary/aromatic N) is 1. The van der Waals surface area contributed by atoms with Crippen LogP contribution in [0, 0.1) is 0 Å². The first kappa shape index (κ1) is 12.3. The summed E-state index contributed by atoms with van der Waals surface area (Å²) in [7, 11) is 2.12. The molecule has 1 aromatic rings. The molecule has 15 heavy (non-hydrogen) atoms. The van der Waals surface area contributed by atoms with Crippen molar-refractivity contribution in [2.45, 2.75) is 32.9 Å². The van der Waals surface area contributed by atoms with Crippen molar-refractivity contribution in [3.8, 4) is 0 Å². The van der Waals surface area contributed by atoms with E-state index >= 15 is 0 Å². The second kappa shape index (κ2) is 5.33. The molecule has 3 heteroatoms. The van der Waals surface area contributed by atoms with Gasteiger partial charge < -0.3 is 14.6 Å². The van der Waals surface area contributed by atoms with Crippen LogP contribution in [0.1, 0.15) is 26.3 Å². The van der Waals surface area contributed by atoms with Crippen LogP contribution in [-0.4, -0.2) is 30.6 Å². The highest BCUT2D eigenvalue weighted by Crippen LogP contribution is 2.03. The number of nitrogens with one attached hydrogen (secondary N) is 1. The lowest BCUT2D eigenvalue weighted by atomic mass is 10.1. The van der Waals surface area contributed by atoms with E-state index in [1.165, 1.54) is 5.56 Å². The maximum atomic E-state index is 5.03. The van der Waals surface area contributed by atoms with Gasteiger partial charge in [-0.1, -0.05) is 0 Å². The monoisotopic (exact) mass is 210 g/mol. The van der Waals surface area contributed by atoms with Crippen molar-refractivity contribution in [3.05, 3.63) is 24.2 Å². The largest absolute Gasteiger partial charge is 0.472 e. The number of hydrogen-bond acceptors (Lipinski definition) is 3. The van der Waals surface area contributed by atoms with E-state index in [4.69, 9.17) is 4.42 Å².